The summed E-state index contributed by atoms with van der Waals surface area (Å²) in [4.78, 5) is 0. The Hall–Kier alpha value is -2.60. The van der Waals surface area contributed by atoms with Gasteiger partial charge in [-0.3, -0.25) is 0 Å². The van der Waals surface area contributed by atoms with Gasteiger partial charge in [0.2, 0.25) is 0 Å². The van der Waals surface area contributed by atoms with Gasteiger partial charge in [-0.15, -0.1) is 0 Å². The molecule has 18 heavy (non-hydrogen) atoms. The molecule has 0 bridgehead atoms. The zero-order valence-electron chi connectivity index (χ0n) is 9.47. The van der Waals surface area contributed by atoms with Crippen molar-refractivity contribution in [2.24, 2.45) is 0 Å². The summed E-state index contributed by atoms with van der Waals surface area (Å²) in [5, 5.41) is 9.19. The second kappa shape index (κ2) is 4.01. The van der Waals surface area contributed by atoms with Crippen molar-refractivity contribution in [1.82, 2.24) is 4.40 Å². The van der Waals surface area contributed by atoms with Crippen molar-refractivity contribution in [3.05, 3.63) is 66.2 Å². The molecule has 0 saturated carbocycles. The molecule has 3 aromatic rings. The number of fused-ring (bicyclic) bond motifs is 1. The second-order valence-corrected chi connectivity index (χ2v) is 4.06. The summed E-state index contributed by atoms with van der Waals surface area (Å²) < 4.78 is 14.8. The number of hydrogen-bond donors (Lipinski definition) is 0. The van der Waals surface area contributed by atoms with Crippen LogP contribution in [0.25, 0.3) is 16.6 Å². The van der Waals surface area contributed by atoms with Crippen molar-refractivity contribution in [3.63, 3.8) is 0 Å². The van der Waals surface area contributed by atoms with Gasteiger partial charge in [0, 0.05) is 23.5 Å². The molecule has 0 aliphatic rings. The first-order chi connectivity index (χ1) is 8.78. The number of nitrogens with zero attached hydrogens (tertiary/aromatic N) is 2. The number of aromatic nitrogens is 1. The van der Waals surface area contributed by atoms with E-state index in [2.05, 4.69) is 6.07 Å². The topological polar surface area (TPSA) is 28.2 Å². The first-order valence-corrected chi connectivity index (χ1v) is 5.55. The lowest BCUT2D eigenvalue weighted by Gasteiger charge is -2.06. The maximum Gasteiger partial charge on any atom is 0.123 e. The van der Waals surface area contributed by atoms with Crippen LogP contribution in [0.3, 0.4) is 0 Å². The molecule has 0 atom stereocenters. The second-order valence-electron chi connectivity index (χ2n) is 4.06. The van der Waals surface area contributed by atoms with Crippen molar-refractivity contribution < 1.29 is 4.39 Å². The van der Waals surface area contributed by atoms with E-state index in [1.54, 1.807) is 18.3 Å². The van der Waals surface area contributed by atoms with Crippen molar-refractivity contribution in [3.8, 4) is 17.2 Å². The van der Waals surface area contributed by atoms with E-state index in [0.717, 1.165) is 16.6 Å². The molecule has 0 aliphatic carbocycles. The summed E-state index contributed by atoms with van der Waals surface area (Å²) >= 11 is 0. The van der Waals surface area contributed by atoms with E-state index < -0.39 is 0 Å². The molecule has 0 N–H and O–H groups in total. The van der Waals surface area contributed by atoms with E-state index in [9.17, 15) is 9.65 Å². The minimum absolute atomic E-state index is 0.277. The first kappa shape index (κ1) is 10.5. The number of rotatable bonds is 1. The summed E-state index contributed by atoms with van der Waals surface area (Å²) in [6.07, 6.45) is 3.68. The summed E-state index contributed by atoms with van der Waals surface area (Å²) in [5.74, 6) is -0.277. The monoisotopic (exact) mass is 236 g/mol. The molecule has 2 nitrogen and oxygen atoms in total. The Morgan fingerprint density at radius 2 is 1.89 bits per heavy atom. The van der Waals surface area contributed by atoms with Crippen molar-refractivity contribution in [2.75, 3.05) is 0 Å². The molecule has 2 aromatic heterocycles. The molecule has 3 rings (SSSR count). The Labute approximate surface area is 104 Å². The van der Waals surface area contributed by atoms with E-state index in [1.807, 2.05) is 28.8 Å². The zero-order valence-corrected chi connectivity index (χ0v) is 9.47. The Bertz CT molecular complexity index is 748. The number of hydrogen-bond acceptors (Lipinski definition) is 1. The molecule has 1 aromatic carbocycles. The molecule has 0 unspecified atom stereocenters. The normalized spacial score (nSPS) is 10.4. The van der Waals surface area contributed by atoms with Gasteiger partial charge < -0.3 is 4.40 Å². The maximum absolute atomic E-state index is 12.9. The predicted octanol–water partition coefficient (Wildman–Crippen LogP) is 3.62. The highest BCUT2D eigenvalue weighted by atomic mass is 19.1. The smallest absolute Gasteiger partial charge is 0.123 e. The lowest BCUT2D eigenvalue weighted by atomic mass is 10.0. The molecule has 0 fully saturated rings. The Balaban J connectivity index is 2.26. The molecule has 0 spiro atoms. The fourth-order valence-electron chi connectivity index (χ4n) is 2.04. The third-order valence-electron chi connectivity index (χ3n) is 2.94. The van der Waals surface area contributed by atoms with Gasteiger partial charge in [0.05, 0.1) is 5.56 Å². The molecule has 0 saturated heterocycles. The van der Waals surface area contributed by atoms with Crippen LogP contribution in [-0.4, -0.2) is 4.40 Å². The summed E-state index contributed by atoms with van der Waals surface area (Å²) in [6.45, 7) is 0. The number of halogens is 1. The van der Waals surface area contributed by atoms with Crippen LogP contribution < -0.4 is 0 Å². The van der Waals surface area contributed by atoms with Gasteiger partial charge in [-0.1, -0.05) is 12.1 Å². The van der Waals surface area contributed by atoms with Gasteiger partial charge in [0.1, 0.15) is 11.9 Å². The van der Waals surface area contributed by atoms with Crippen LogP contribution in [0.5, 0.6) is 0 Å². The SMILES string of the molecule is N#Cc1cn2cccc2cc1-c1ccc(F)cc1. The third kappa shape index (κ3) is 1.64. The van der Waals surface area contributed by atoms with E-state index in [1.165, 1.54) is 12.1 Å². The number of nitriles is 1. The van der Waals surface area contributed by atoms with Crippen molar-refractivity contribution in [2.45, 2.75) is 0 Å². The van der Waals surface area contributed by atoms with Crippen LogP contribution >= 0.6 is 0 Å². The molecular formula is C15H9FN2. The lowest BCUT2D eigenvalue weighted by Crippen LogP contribution is -1.90. The maximum atomic E-state index is 12.9. The Kier molecular flexibility index (Phi) is 2.35. The lowest BCUT2D eigenvalue weighted by molar-refractivity contribution is 0.628. The van der Waals surface area contributed by atoms with Crippen LogP contribution in [0.4, 0.5) is 4.39 Å². The van der Waals surface area contributed by atoms with Gasteiger partial charge in [-0.25, -0.2) is 4.39 Å². The highest BCUT2D eigenvalue weighted by Gasteiger charge is 2.07. The summed E-state index contributed by atoms with van der Waals surface area (Å²) in [5.41, 5.74) is 3.25. The fourth-order valence-corrected chi connectivity index (χ4v) is 2.04. The van der Waals surface area contributed by atoms with E-state index >= 15 is 0 Å². The van der Waals surface area contributed by atoms with Gasteiger partial charge in [-0.2, -0.15) is 5.26 Å². The molecule has 0 radical (unpaired) electrons. The summed E-state index contributed by atoms with van der Waals surface area (Å²) in [6, 6.07) is 14.2. The molecule has 86 valence electrons. The molecule has 2 heterocycles. The minimum atomic E-state index is -0.277. The van der Waals surface area contributed by atoms with Crippen LogP contribution in [-0.2, 0) is 0 Å². The highest BCUT2D eigenvalue weighted by Crippen LogP contribution is 2.25. The fraction of sp³-hybridized carbons (Fsp3) is 0. The van der Waals surface area contributed by atoms with Gasteiger partial charge >= 0.3 is 0 Å². The van der Waals surface area contributed by atoms with Crippen LogP contribution in [0.15, 0.2) is 54.9 Å². The largest absolute Gasteiger partial charge is 0.323 e. The van der Waals surface area contributed by atoms with E-state index in [0.29, 0.717) is 5.56 Å². The van der Waals surface area contributed by atoms with E-state index in [-0.39, 0.29) is 5.82 Å². The Morgan fingerprint density at radius 3 is 2.61 bits per heavy atom. The molecule has 0 amide bonds. The van der Waals surface area contributed by atoms with Crippen LogP contribution in [0, 0.1) is 17.1 Å². The summed E-state index contributed by atoms with van der Waals surface area (Å²) in [7, 11) is 0. The quantitative estimate of drug-likeness (QED) is 0.634. The average Bonchev–Trinajstić information content (AvgIpc) is 2.85. The molecule has 0 aliphatic heterocycles. The van der Waals surface area contributed by atoms with Gasteiger partial charge in [0.15, 0.2) is 0 Å². The van der Waals surface area contributed by atoms with Gasteiger partial charge in [0.25, 0.3) is 0 Å². The predicted molar refractivity (Wildman–Crippen MR) is 67.5 cm³/mol. The average molecular weight is 236 g/mol. The number of pyridine rings is 1. The first-order valence-electron chi connectivity index (χ1n) is 5.55. The van der Waals surface area contributed by atoms with Crippen molar-refractivity contribution in [1.29, 1.82) is 5.26 Å². The molecule has 3 heteroatoms. The Morgan fingerprint density at radius 1 is 1.11 bits per heavy atom. The van der Waals surface area contributed by atoms with Crippen LogP contribution in [0.2, 0.25) is 0 Å². The van der Waals surface area contributed by atoms with Crippen LogP contribution in [0.1, 0.15) is 5.56 Å². The zero-order chi connectivity index (χ0) is 12.5. The van der Waals surface area contributed by atoms with Gasteiger partial charge in [-0.05, 0) is 35.9 Å². The third-order valence-corrected chi connectivity index (χ3v) is 2.94. The minimum Gasteiger partial charge on any atom is -0.323 e. The molecular weight excluding hydrogens is 227 g/mol. The highest BCUT2D eigenvalue weighted by molar-refractivity contribution is 5.74. The number of benzene rings is 1. The van der Waals surface area contributed by atoms with E-state index in [4.69, 9.17) is 0 Å². The van der Waals surface area contributed by atoms with Crippen molar-refractivity contribution >= 4 is 5.52 Å². The standard InChI is InChI=1S/C15H9FN2/c16-13-5-3-11(4-6-13)15-8-14-2-1-7-18(14)10-12(15)9-17/h1-8,10H.